The van der Waals surface area contributed by atoms with Crippen LogP contribution in [0.25, 0.3) is 121 Å². The Bertz CT molecular complexity index is 6350. The van der Waals surface area contributed by atoms with Gasteiger partial charge in [0, 0.05) is 83.4 Å². The molecule has 0 saturated carbocycles. The van der Waals surface area contributed by atoms with Crippen LogP contribution in [-0.4, -0.2) is 9.13 Å². The van der Waals surface area contributed by atoms with Gasteiger partial charge in [-0.25, -0.2) is 0 Å². The lowest BCUT2D eigenvalue weighted by Gasteiger charge is -2.35. The van der Waals surface area contributed by atoms with Crippen LogP contribution in [0.15, 0.2) is 393 Å². The molecule has 0 bridgehead atoms. The van der Waals surface area contributed by atoms with E-state index in [2.05, 4.69) is 401 Å². The number of hydrogen-bond acceptors (Lipinski definition) is 3. The number of nitrogens with zero attached hydrogens (tertiary/aromatic N) is 4. The van der Waals surface area contributed by atoms with Gasteiger partial charge in [0.15, 0.2) is 0 Å². The Morgan fingerprint density at radius 1 is 0.235 bits per heavy atom. The van der Waals surface area contributed by atoms with Crippen LogP contribution in [0.2, 0.25) is 0 Å². The summed E-state index contributed by atoms with van der Waals surface area (Å²) in [6.45, 7) is 0. The maximum absolute atomic E-state index is 6.61. The summed E-state index contributed by atoms with van der Waals surface area (Å²) in [7, 11) is 0. The van der Waals surface area contributed by atoms with Crippen molar-refractivity contribution < 1.29 is 4.42 Å². The average Bonchev–Trinajstić information content (AvgIpc) is 1.54. The molecule has 3 aromatic heterocycles. The summed E-state index contributed by atoms with van der Waals surface area (Å²) in [4.78, 5) is 4.80. The van der Waals surface area contributed by atoms with Gasteiger partial charge in [-0.15, -0.1) is 0 Å². The molecule has 0 aliphatic heterocycles. The van der Waals surface area contributed by atoms with Crippen molar-refractivity contribution in [3.05, 3.63) is 411 Å². The highest BCUT2D eigenvalue weighted by molar-refractivity contribution is 6.29. The fraction of sp³-hybridized carbons (Fsp3) is 0.0103. The molecule has 0 fully saturated rings. The minimum atomic E-state index is -0.577. The third-order valence-corrected chi connectivity index (χ3v) is 21.2. The fourth-order valence-electron chi connectivity index (χ4n) is 16.7. The molecule has 0 spiro atoms. The fourth-order valence-corrected chi connectivity index (χ4v) is 16.7. The van der Waals surface area contributed by atoms with E-state index < -0.39 is 5.41 Å². The second-order valence-electron chi connectivity index (χ2n) is 26.7. The number of para-hydroxylation sites is 5. The van der Waals surface area contributed by atoms with Gasteiger partial charge >= 0.3 is 0 Å². The van der Waals surface area contributed by atoms with E-state index in [4.69, 9.17) is 4.42 Å². The lowest BCUT2D eigenvalue weighted by Crippen LogP contribution is -2.28. The molecule has 0 unspecified atom stereocenters. The first kappa shape index (κ1) is 58.7. The zero-order chi connectivity index (χ0) is 67.2. The molecule has 16 aromatic carbocycles. The van der Waals surface area contributed by atoms with Crippen LogP contribution in [-0.2, 0) is 5.41 Å². The zero-order valence-corrected chi connectivity index (χ0v) is 55.6. The van der Waals surface area contributed by atoms with Gasteiger partial charge in [-0.1, -0.05) is 267 Å². The Balaban J connectivity index is 0.738. The van der Waals surface area contributed by atoms with Crippen LogP contribution in [0.1, 0.15) is 22.3 Å². The number of fused-ring (bicyclic) bond motifs is 13. The second kappa shape index (κ2) is 23.9. The van der Waals surface area contributed by atoms with Crippen molar-refractivity contribution in [3.8, 4) is 55.9 Å². The highest BCUT2D eigenvalue weighted by Gasteiger charge is 2.46. The van der Waals surface area contributed by atoms with E-state index in [0.29, 0.717) is 0 Å². The van der Waals surface area contributed by atoms with E-state index in [1.807, 2.05) is 6.07 Å². The van der Waals surface area contributed by atoms with Gasteiger partial charge in [-0.05, 0) is 183 Å². The lowest BCUT2D eigenvalue weighted by molar-refractivity contribution is 0.670. The first-order valence-electron chi connectivity index (χ1n) is 35.0. The predicted molar refractivity (Wildman–Crippen MR) is 425 cm³/mol. The first-order valence-corrected chi connectivity index (χ1v) is 35.0. The molecule has 20 rings (SSSR count). The Labute approximate surface area is 591 Å². The molecule has 3 heterocycles. The van der Waals surface area contributed by atoms with E-state index in [9.17, 15) is 0 Å². The number of anilines is 6. The van der Waals surface area contributed by atoms with Gasteiger partial charge in [0.25, 0.3) is 0 Å². The van der Waals surface area contributed by atoms with Crippen LogP contribution in [0, 0.1) is 0 Å². The molecule has 0 atom stereocenters. The van der Waals surface area contributed by atoms with Crippen LogP contribution in [0.4, 0.5) is 34.1 Å². The molecule has 0 N–H and O–H groups in total. The Kier molecular flexibility index (Phi) is 13.8. The van der Waals surface area contributed by atoms with E-state index in [-0.39, 0.29) is 0 Å². The Hall–Kier alpha value is -13.5. The molecule has 5 nitrogen and oxygen atoms in total. The summed E-state index contributed by atoms with van der Waals surface area (Å²) in [5.74, 6) is 0. The quantitative estimate of drug-likeness (QED) is 0.115. The predicted octanol–water partition coefficient (Wildman–Crippen LogP) is 26.1. The standard InChI is InChI=1S/C97H64N4O/c1-6-24-65(25-7-1)66-44-51-75(52-45-66)98(72-29-10-3-11-30-72)79-57-59-86-92(64-79)101(74-33-14-5-15-34-74)90-61-60-89-94(95(86)90)85-58-50-69(62-91(85)100(89)73-31-12-4-13-32-73)67-46-53-76(54-47-67)99(77-55-48-68(49-56-77)80-39-23-40-84-83-38-18-21-43-93(83)102-96(80)84)78-35-22-28-71(63-78)97(70-26-8-2-9-27-70)87-41-19-16-36-81(87)82-37-17-20-42-88(82)97/h1-64H. The van der Waals surface area contributed by atoms with Crippen LogP contribution in [0.5, 0.6) is 0 Å². The molecular formula is C97H64N4O. The van der Waals surface area contributed by atoms with E-state index in [1.54, 1.807) is 0 Å². The van der Waals surface area contributed by atoms with Crippen molar-refractivity contribution in [2.75, 3.05) is 9.80 Å². The smallest absolute Gasteiger partial charge is 0.143 e. The van der Waals surface area contributed by atoms with Crippen LogP contribution in [0.3, 0.4) is 0 Å². The largest absolute Gasteiger partial charge is 0.455 e. The number of rotatable bonds is 13. The van der Waals surface area contributed by atoms with E-state index in [1.165, 1.54) is 66.1 Å². The summed E-state index contributed by atoms with van der Waals surface area (Å²) >= 11 is 0. The van der Waals surface area contributed by atoms with Gasteiger partial charge in [0.2, 0.25) is 0 Å². The van der Waals surface area contributed by atoms with Crippen molar-refractivity contribution in [3.63, 3.8) is 0 Å². The third-order valence-electron chi connectivity index (χ3n) is 21.2. The van der Waals surface area contributed by atoms with E-state index >= 15 is 0 Å². The van der Waals surface area contributed by atoms with Gasteiger partial charge in [0.1, 0.15) is 11.2 Å². The van der Waals surface area contributed by atoms with Crippen LogP contribution >= 0.6 is 0 Å². The number of hydrogen-bond donors (Lipinski definition) is 0. The molecule has 1 aliphatic carbocycles. The Morgan fingerprint density at radius 2 is 0.637 bits per heavy atom. The van der Waals surface area contributed by atoms with Crippen molar-refractivity contribution in [1.29, 1.82) is 0 Å². The molecule has 102 heavy (non-hydrogen) atoms. The third kappa shape index (κ3) is 9.32. The van der Waals surface area contributed by atoms with Crippen molar-refractivity contribution in [1.82, 2.24) is 9.13 Å². The maximum Gasteiger partial charge on any atom is 0.143 e. The molecular weight excluding hydrogens is 1240 g/mol. The Morgan fingerprint density at radius 3 is 1.25 bits per heavy atom. The minimum Gasteiger partial charge on any atom is -0.455 e. The van der Waals surface area contributed by atoms with Gasteiger partial charge < -0.3 is 23.4 Å². The molecule has 478 valence electrons. The minimum absolute atomic E-state index is 0.577. The normalized spacial score (nSPS) is 12.4. The summed E-state index contributed by atoms with van der Waals surface area (Å²) in [6, 6.07) is 142. The van der Waals surface area contributed by atoms with E-state index in [0.717, 1.165) is 112 Å². The molecule has 1 aliphatic rings. The molecule has 0 saturated heterocycles. The summed E-state index contributed by atoms with van der Waals surface area (Å²) < 4.78 is 11.5. The molecule has 0 radical (unpaired) electrons. The highest BCUT2D eigenvalue weighted by atomic mass is 16.3. The SMILES string of the molecule is c1ccc(-c2ccc(N(c3ccccc3)c3ccc4c5c6c7ccc(-c8ccc(N(c9ccc(-c%10cccc%11c%10oc%10ccccc%10%11)cc9)c9cccc(C%10(c%11ccccc%11)c%11ccccc%11-c%11ccccc%11%10)c9)cc8)cc7n(-c7ccccc7)c6ccc5n(-c5ccccc5)c4c3)cc2)cc1. The number of furan rings is 1. The maximum atomic E-state index is 6.61. The van der Waals surface area contributed by atoms with Gasteiger partial charge in [-0.2, -0.15) is 0 Å². The molecule has 5 heteroatoms. The molecule has 19 aromatic rings. The second-order valence-corrected chi connectivity index (χ2v) is 26.7. The number of aromatic nitrogens is 2. The summed E-state index contributed by atoms with van der Waals surface area (Å²) in [6.07, 6.45) is 0. The van der Waals surface area contributed by atoms with Crippen molar-refractivity contribution in [2.24, 2.45) is 0 Å². The monoisotopic (exact) mass is 1300 g/mol. The average molecular weight is 1300 g/mol. The number of benzene rings is 16. The van der Waals surface area contributed by atoms with Gasteiger partial charge in [0.05, 0.1) is 27.5 Å². The topological polar surface area (TPSA) is 29.5 Å². The summed E-state index contributed by atoms with van der Waals surface area (Å²) in [5.41, 5.74) is 28.6. The van der Waals surface area contributed by atoms with Crippen molar-refractivity contribution >= 4 is 99.7 Å². The van der Waals surface area contributed by atoms with Crippen molar-refractivity contribution in [2.45, 2.75) is 5.41 Å². The summed E-state index contributed by atoms with van der Waals surface area (Å²) in [5, 5.41) is 7.03. The zero-order valence-electron chi connectivity index (χ0n) is 55.6. The molecule has 0 amide bonds. The lowest BCUT2D eigenvalue weighted by atomic mass is 9.67. The van der Waals surface area contributed by atoms with Crippen LogP contribution < -0.4 is 9.80 Å². The van der Waals surface area contributed by atoms with Gasteiger partial charge in [-0.3, -0.25) is 0 Å². The highest BCUT2D eigenvalue weighted by Crippen LogP contribution is 2.57. The first-order chi connectivity index (χ1) is 50.6.